The fourth-order valence-corrected chi connectivity index (χ4v) is 3.00. The fourth-order valence-electron chi connectivity index (χ4n) is 3.00. The van der Waals surface area contributed by atoms with Crippen molar-refractivity contribution < 1.29 is 14.7 Å². The van der Waals surface area contributed by atoms with E-state index in [0.29, 0.717) is 11.8 Å². The molecule has 5 heteroatoms. The first-order valence-corrected chi connectivity index (χ1v) is 7.55. The van der Waals surface area contributed by atoms with Gasteiger partial charge in [-0.25, -0.2) is 4.79 Å². The minimum atomic E-state index is -0.417. The molecule has 0 atom stereocenters. The van der Waals surface area contributed by atoms with Crippen LogP contribution in [0.2, 0.25) is 0 Å². The summed E-state index contributed by atoms with van der Waals surface area (Å²) < 4.78 is 5.40. The summed E-state index contributed by atoms with van der Waals surface area (Å²) in [7, 11) is 0. The molecule has 2 rings (SSSR count). The second-order valence-corrected chi connectivity index (χ2v) is 7.09. The maximum atomic E-state index is 12.0. The van der Waals surface area contributed by atoms with Crippen LogP contribution in [-0.4, -0.2) is 40.6 Å². The van der Waals surface area contributed by atoms with Gasteiger partial charge in [0.2, 0.25) is 0 Å². The molecule has 0 aromatic heterocycles. The van der Waals surface area contributed by atoms with Crippen molar-refractivity contribution in [1.82, 2.24) is 4.90 Å². The fraction of sp³-hybridized carbons (Fsp3) is 0.867. The summed E-state index contributed by atoms with van der Waals surface area (Å²) in [6.07, 6.45) is 5.02. The van der Waals surface area contributed by atoms with Gasteiger partial charge in [-0.15, -0.1) is 0 Å². The number of ether oxygens (including phenoxy) is 1. The van der Waals surface area contributed by atoms with E-state index in [-0.39, 0.29) is 6.09 Å². The van der Waals surface area contributed by atoms with Gasteiger partial charge in [0.1, 0.15) is 5.60 Å². The van der Waals surface area contributed by atoms with E-state index in [1.54, 1.807) is 0 Å². The normalized spacial score (nSPS) is 24.2. The second kappa shape index (κ2) is 6.02. The van der Waals surface area contributed by atoms with Gasteiger partial charge in [-0.05, 0) is 64.7 Å². The molecule has 0 unspecified atom stereocenters. The van der Waals surface area contributed by atoms with E-state index in [2.05, 4.69) is 5.16 Å². The number of oxime groups is 1. The van der Waals surface area contributed by atoms with Crippen LogP contribution < -0.4 is 0 Å². The van der Waals surface area contributed by atoms with Crippen LogP contribution in [0.1, 0.15) is 52.9 Å². The minimum Gasteiger partial charge on any atom is -0.444 e. The van der Waals surface area contributed by atoms with Gasteiger partial charge >= 0.3 is 6.09 Å². The summed E-state index contributed by atoms with van der Waals surface area (Å²) in [5.74, 6) is 1.37. The number of hydrogen-bond acceptors (Lipinski definition) is 4. The SMILES string of the molecule is CC(C)(C)OC(=O)N1CCC(CC2CC(=NO)C2)CC1. The van der Waals surface area contributed by atoms with Crippen LogP contribution in [0.4, 0.5) is 4.79 Å². The Morgan fingerprint density at radius 2 is 1.90 bits per heavy atom. The number of amides is 1. The number of nitrogens with zero attached hydrogens (tertiary/aromatic N) is 2. The van der Waals surface area contributed by atoms with Gasteiger partial charge in [0.15, 0.2) is 0 Å². The van der Waals surface area contributed by atoms with Crippen molar-refractivity contribution in [1.29, 1.82) is 0 Å². The molecule has 5 nitrogen and oxygen atoms in total. The highest BCUT2D eigenvalue weighted by atomic mass is 16.6. The predicted octanol–water partition coefficient (Wildman–Crippen LogP) is 3.26. The molecule has 114 valence electrons. The minimum absolute atomic E-state index is 0.186. The Morgan fingerprint density at radius 1 is 1.30 bits per heavy atom. The average molecular weight is 282 g/mol. The zero-order valence-corrected chi connectivity index (χ0v) is 12.8. The topological polar surface area (TPSA) is 62.1 Å². The van der Waals surface area contributed by atoms with Crippen LogP contribution in [0.5, 0.6) is 0 Å². The molecule has 1 amide bonds. The lowest BCUT2D eigenvalue weighted by atomic mass is 9.75. The Kier molecular flexibility index (Phi) is 4.55. The Hall–Kier alpha value is -1.26. The van der Waals surface area contributed by atoms with E-state index >= 15 is 0 Å². The molecule has 2 fully saturated rings. The Bertz CT molecular complexity index is 371. The summed E-state index contributed by atoms with van der Waals surface area (Å²) in [6, 6.07) is 0. The van der Waals surface area contributed by atoms with Gasteiger partial charge in [0, 0.05) is 13.1 Å². The maximum absolute atomic E-state index is 12.0. The van der Waals surface area contributed by atoms with Crippen LogP contribution in [0.3, 0.4) is 0 Å². The van der Waals surface area contributed by atoms with Crippen molar-refractivity contribution in [2.75, 3.05) is 13.1 Å². The molecule has 1 N–H and O–H groups in total. The van der Waals surface area contributed by atoms with Crippen molar-refractivity contribution in [2.24, 2.45) is 17.0 Å². The predicted molar refractivity (Wildman–Crippen MR) is 77.1 cm³/mol. The van der Waals surface area contributed by atoms with Crippen LogP contribution >= 0.6 is 0 Å². The molecule has 0 spiro atoms. The quantitative estimate of drug-likeness (QED) is 0.624. The Labute approximate surface area is 121 Å². The van der Waals surface area contributed by atoms with E-state index in [1.807, 2.05) is 25.7 Å². The molecule has 1 aliphatic carbocycles. The first-order chi connectivity index (χ1) is 9.37. The number of hydrogen-bond donors (Lipinski definition) is 1. The molecule has 1 heterocycles. The van der Waals surface area contributed by atoms with E-state index in [1.165, 1.54) is 6.42 Å². The zero-order valence-electron chi connectivity index (χ0n) is 12.8. The average Bonchev–Trinajstić information content (AvgIpc) is 2.31. The summed E-state index contributed by atoms with van der Waals surface area (Å²) in [5, 5.41) is 11.9. The number of carbonyl (C=O) groups is 1. The summed E-state index contributed by atoms with van der Waals surface area (Å²) in [5.41, 5.74) is 0.515. The highest BCUT2D eigenvalue weighted by Crippen LogP contribution is 2.34. The molecular weight excluding hydrogens is 256 g/mol. The van der Waals surface area contributed by atoms with Crippen LogP contribution in [0, 0.1) is 11.8 Å². The van der Waals surface area contributed by atoms with Crippen LogP contribution in [0.25, 0.3) is 0 Å². The van der Waals surface area contributed by atoms with E-state index in [0.717, 1.165) is 44.5 Å². The van der Waals surface area contributed by atoms with Crippen LogP contribution in [0.15, 0.2) is 5.16 Å². The van der Waals surface area contributed by atoms with Crippen molar-refractivity contribution in [3.05, 3.63) is 0 Å². The van der Waals surface area contributed by atoms with Gasteiger partial charge in [0.05, 0.1) is 5.71 Å². The standard InChI is InChI=1S/C15H26N2O3/c1-15(2,3)20-14(18)17-6-4-11(5-7-17)8-12-9-13(10-12)16-19/h11-12,19H,4-10H2,1-3H3. The largest absolute Gasteiger partial charge is 0.444 e. The molecule has 1 saturated heterocycles. The highest BCUT2D eigenvalue weighted by Gasteiger charge is 2.31. The van der Waals surface area contributed by atoms with Crippen LogP contribution in [-0.2, 0) is 4.74 Å². The lowest BCUT2D eigenvalue weighted by molar-refractivity contribution is 0.0175. The maximum Gasteiger partial charge on any atom is 0.410 e. The van der Waals surface area contributed by atoms with Crippen molar-refractivity contribution in [3.63, 3.8) is 0 Å². The monoisotopic (exact) mass is 282 g/mol. The highest BCUT2D eigenvalue weighted by molar-refractivity contribution is 5.89. The summed E-state index contributed by atoms with van der Waals surface area (Å²) in [4.78, 5) is 13.8. The third-order valence-corrected chi connectivity index (χ3v) is 4.12. The van der Waals surface area contributed by atoms with Crippen molar-refractivity contribution in [2.45, 2.75) is 58.5 Å². The van der Waals surface area contributed by atoms with E-state index in [9.17, 15) is 4.79 Å². The van der Waals surface area contributed by atoms with Gasteiger partial charge in [-0.3, -0.25) is 0 Å². The summed E-state index contributed by atoms with van der Waals surface area (Å²) >= 11 is 0. The smallest absolute Gasteiger partial charge is 0.410 e. The van der Waals surface area contributed by atoms with E-state index in [4.69, 9.17) is 9.94 Å². The lowest BCUT2D eigenvalue weighted by Crippen LogP contribution is -2.42. The molecule has 0 aromatic carbocycles. The second-order valence-electron chi connectivity index (χ2n) is 7.09. The molecule has 0 radical (unpaired) electrons. The first-order valence-electron chi connectivity index (χ1n) is 7.55. The van der Waals surface area contributed by atoms with Crippen molar-refractivity contribution in [3.8, 4) is 0 Å². The third-order valence-electron chi connectivity index (χ3n) is 4.12. The number of likely N-dealkylation sites (tertiary alicyclic amines) is 1. The van der Waals surface area contributed by atoms with Gasteiger partial charge in [-0.2, -0.15) is 0 Å². The third kappa shape index (κ3) is 4.12. The Morgan fingerprint density at radius 3 is 2.40 bits per heavy atom. The van der Waals surface area contributed by atoms with Gasteiger partial charge in [-0.1, -0.05) is 5.16 Å². The van der Waals surface area contributed by atoms with Gasteiger partial charge in [0.25, 0.3) is 0 Å². The van der Waals surface area contributed by atoms with E-state index < -0.39 is 5.60 Å². The molecular formula is C15H26N2O3. The number of carbonyl (C=O) groups excluding carboxylic acids is 1. The molecule has 2 aliphatic rings. The molecule has 0 bridgehead atoms. The lowest BCUT2D eigenvalue weighted by Gasteiger charge is -2.36. The number of rotatable bonds is 2. The zero-order chi connectivity index (χ0) is 14.8. The van der Waals surface area contributed by atoms with Gasteiger partial charge < -0.3 is 14.8 Å². The molecule has 20 heavy (non-hydrogen) atoms. The summed E-state index contributed by atoms with van der Waals surface area (Å²) in [6.45, 7) is 7.29. The van der Waals surface area contributed by atoms with Crippen molar-refractivity contribution >= 4 is 11.8 Å². The molecule has 1 aliphatic heterocycles. The first kappa shape index (κ1) is 15.1. The Balaban J connectivity index is 1.69. The number of piperidine rings is 1. The molecule has 0 aromatic rings. The molecule has 1 saturated carbocycles.